The average molecular weight is 307 g/mol. The third-order valence-corrected chi connectivity index (χ3v) is 4.39. The van der Waals surface area contributed by atoms with Crippen LogP contribution < -0.4 is 0 Å². The largest absolute Gasteiger partial charge is 0.478 e. The van der Waals surface area contributed by atoms with Gasteiger partial charge in [0.25, 0.3) is 0 Å². The first-order chi connectivity index (χ1) is 9.63. The average Bonchev–Trinajstić information content (AvgIpc) is 3.02. The van der Waals surface area contributed by atoms with Crippen molar-refractivity contribution in [2.75, 3.05) is 0 Å². The van der Waals surface area contributed by atoms with Crippen molar-refractivity contribution in [3.8, 4) is 0 Å². The fourth-order valence-corrected chi connectivity index (χ4v) is 3.17. The number of imidazole rings is 1. The maximum absolute atomic E-state index is 10.9. The molecular formula is C14H11ClN2O2S. The second-order valence-electron chi connectivity index (χ2n) is 4.40. The minimum Gasteiger partial charge on any atom is -0.478 e. The molecular weight excluding hydrogens is 296 g/mol. The maximum atomic E-state index is 10.9. The topological polar surface area (TPSA) is 55.1 Å². The van der Waals surface area contributed by atoms with Crippen LogP contribution in [0.15, 0.2) is 36.7 Å². The molecule has 102 valence electrons. The number of hydrogen-bond donors (Lipinski definition) is 1. The first-order valence-electron chi connectivity index (χ1n) is 6.06. The summed E-state index contributed by atoms with van der Waals surface area (Å²) in [6.45, 7) is 0.791. The van der Waals surface area contributed by atoms with Crippen molar-refractivity contribution < 1.29 is 9.90 Å². The number of aromatic carboxylic acids is 1. The summed E-state index contributed by atoms with van der Waals surface area (Å²) >= 11 is 7.48. The molecule has 1 aromatic carbocycles. The van der Waals surface area contributed by atoms with Crippen molar-refractivity contribution in [3.63, 3.8) is 0 Å². The molecule has 3 aromatic rings. The lowest BCUT2D eigenvalue weighted by Crippen LogP contribution is -1.99. The zero-order valence-electron chi connectivity index (χ0n) is 10.4. The smallest absolute Gasteiger partial charge is 0.335 e. The van der Waals surface area contributed by atoms with E-state index in [1.807, 2.05) is 16.7 Å². The van der Waals surface area contributed by atoms with Crippen molar-refractivity contribution in [2.24, 2.45) is 0 Å². The minimum absolute atomic E-state index is 0.257. The van der Waals surface area contributed by atoms with E-state index in [4.69, 9.17) is 16.7 Å². The molecule has 0 bridgehead atoms. The molecule has 3 rings (SSSR count). The summed E-state index contributed by atoms with van der Waals surface area (Å²) in [4.78, 5) is 16.4. The number of carbonyl (C=O) groups is 1. The Balaban J connectivity index is 1.83. The number of rotatable bonds is 4. The van der Waals surface area contributed by atoms with Crippen LogP contribution >= 0.6 is 22.9 Å². The first-order valence-corrected chi connectivity index (χ1v) is 7.25. The monoisotopic (exact) mass is 306 g/mol. The van der Waals surface area contributed by atoms with E-state index in [0.29, 0.717) is 5.52 Å². The Morgan fingerprint density at radius 2 is 2.20 bits per heavy atom. The zero-order chi connectivity index (χ0) is 14.1. The Morgan fingerprint density at radius 3 is 2.90 bits per heavy atom. The van der Waals surface area contributed by atoms with E-state index in [0.717, 1.165) is 22.8 Å². The van der Waals surface area contributed by atoms with Gasteiger partial charge in [0.1, 0.15) is 0 Å². The molecule has 0 aliphatic carbocycles. The lowest BCUT2D eigenvalue weighted by Gasteiger charge is -2.03. The number of aryl methyl sites for hydroxylation is 2. The number of thiophene rings is 1. The van der Waals surface area contributed by atoms with Gasteiger partial charge in [0, 0.05) is 11.4 Å². The number of fused-ring (bicyclic) bond motifs is 1. The highest BCUT2D eigenvalue weighted by Crippen LogP contribution is 2.23. The number of carboxylic acids is 1. The molecule has 0 aliphatic heterocycles. The predicted molar refractivity (Wildman–Crippen MR) is 79.7 cm³/mol. The van der Waals surface area contributed by atoms with Gasteiger partial charge in [-0.1, -0.05) is 11.6 Å². The predicted octanol–water partition coefficient (Wildman–Crippen LogP) is 3.69. The number of benzene rings is 1. The van der Waals surface area contributed by atoms with E-state index in [1.165, 1.54) is 4.88 Å². The van der Waals surface area contributed by atoms with E-state index < -0.39 is 5.97 Å². The zero-order valence-corrected chi connectivity index (χ0v) is 12.0. The van der Waals surface area contributed by atoms with Crippen LogP contribution in [0.5, 0.6) is 0 Å². The number of hydrogen-bond acceptors (Lipinski definition) is 3. The molecule has 1 N–H and O–H groups in total. The van der Waals surface area contributed by atoms with E-state index in [-0.39, 0.29) is 5.56 Å². The summed E-state index contributed by atoms with van der Waals surface area (Å²) in [5, 5.41) is 8.96. The molecule has 6 heteroatoms. The fourth-order valence-electron chi connectivity index (χ4n) is 2.09. The Bertz CT molecular complexity index is 778. The Morgan fingerprint density at radius 1 is 1.35 bits per heavy atom. The Labute approximate surface area is 124 Å². The van der Waals surface area contributed by atoms with Crippen LogP contribution in [0.4, 0.5) is 0 Å². The van der Waals surface area contributed by atoms with Crippen LogP contribution in [0.3, 0.4) is 0 Å². The van der Waals surface area contributed by atoms with Crippen LogP contribution in [-0.2, 0) is 13.0 Å². The van der Waals surface area contributed by atoms with Gasteiger partial charge in [-0.25, -0.2) is 9.78 Å². The molecule has 4 nitrogen and oxygen atoms in total. The minimum atomic E-state index is -0.935. The van der Waals surface area contributed by atoms with Crippen LogP contribution in [0.2, 0.25) is 4.34 Å². The quantitative estimate of drug-likeness (QED) is 0.799. The SMILES string of the molecule is O=C(O)c1ccc2c(c1)ncn2CCc1ccc(Cl)s1. The molecule has 0 saturated carbocycles. The van der Waals surface area contributed by atoms with Gasteiger partial charge in [0.05, 0.1) is 27.3 Å². The molecule has 0 radical (unpaired) electrons. The molecule has 0 atom stereocenters. The molecule has 0 unspecified atom stereocenters. The van der Waals surface area contributed by atoms with Crippen molar-refractivity contribution in [3.05, 3.63) is 51.4 Å². The lowest BCUT2D eigenvalue weighted by molar-refractivity contribution is 0.0697. The summed E-state index contributed by atoms with van der Waals surface area (Å²) in [7, 11) is 0. The Kier molecular flexibility index (Phi) is 3.46. The van der Waals surface area contributed by atoms with Gasteiger partial charge in [0.2, 0.25) is 0 Å². The molecule has 0 spiro atoms. The summed E-state index contributed by atoms with van der Waals surface area (Å²) in [5.74, 6) is -0.935. The van der Waals surface area contributed by atoms with Crippen molar-refractivity contribution in [1.82, 2.24) is 9.55 Å². The molecule has 0 fully saturated rings. The maximum Gasteiger partial charge on any atom is 0.335 e. The molecule has 0 amide bonds. The highest BCUT2D eigenvalue weighted by molar-refractivity contribution is 7.16. The molecule has 2 heterocycles. The van der Waals surface area contributed by atoms with Gasteiger partial charge >= 0.3 is 5.97 Å². The lowest BCUT2D eigenvalue weighted by atomic mass is 10.2. The second-order valence-corrected chi connectivity index (χ2v) is 6.20. The molecule has 20 heavy (non-hydrogen) atoms. The standard InChI is InChI=1S/C14H11ClN2O2S/c15-13-4-2-10(20-13)5-6-17-8-16-11-7-9(14(18)19)1-3-12(11)17/h1-4,7-8H,5-6H2,(H,18,19). The van der Waals surface area contributed by atoms with E-state index in [1.54, 1.807) is 35.9 Å². The summed E-state index contributed by atoms with van der Waals surface area (Å²) < 4.78 is 2.82. The fraction of sp³-hybridized carbons (Fsp3) is 0.143. The van der Waals surface area contributed by atoms with Crippen molar-refractivity contribution in [2.45, 2.75) is 13.0 Å². The highest BCUT2D eigenvalue weighted by atomic mass is 35.5. The number of nitrogens with zero attached hydrogens (tertiary/aromatic N) is 2. The van der Waals surface area contributed by atoms with E-state index in [9.17, 15) is 4.79 Å². The molecule has 0 saturated heterocycles. The van der Waals surface area contributed by atoms with Crippen LogP contribution in [0.25, 0.3) is 11.0 Å². The number of carboxylic acid groups (broad SMARTS) is 1. The Hall–Kier alpha value is -1.85. The summed E-state index contributed by atoms with van der Waals surface area (Å²) in [6.07, 6.45) is 2.62. The summed E-state index contributed by atoms with van der Waals surface area (Å²) in [5.41, 5.74) is 1.90. The van der Waals surface area contributed by atoms with Crippen molar-refractivity contribution in [1.29, 1.82) is 0 Å². The van der Waals surface area contributed by atoms with Gasteiger partial charge in [-0.2, -0.15) is 0 Å². The molecule has 0 aliphatic rings. The van der Waals surface area contributed by atoms with Gasteiger partial charge in [-0.05, 0) is 36.8 Å². The molecule has 2 aromatic heterocycles. The number of halogens is 1. The van der Waals surface area contributed by atoms with Gasteiger partial charge in [0.15, 0.2) is 0 Å². The third-order valence-electron chi connectivity index (χ3n) is 3.10. The van der Waals surface area contributed by atoms with Crippen LogP contribution in [-0.4, -0.2) is 20.6 Å². The van der Waals surface area contributed by atoms with Crippen LogP contribution in [0.1, 0.15) is 15.2 Å². The van der Waals surface area contributed by atoms with Gasteiger partial charge < -0.3 is 9.67 Å². The first kappa shape index (κ1) is 13.1. The van der Waals surface area contributed by atoms with Crippen LogP contribution in [0, 0.1) is 0 Å². The number of aromatic nitrogens is 2. The van der Waals surface area contributed by atoms with Gasteiger partial charge in [-0.3, -0.25) is 0 Å². The summed E-state index contributed by atoms with van der Waals surface area (Å²) in [6, 6.07) is 8.91. The normalized spacial score (nSPS) is 11.1. The third kappa shape index (κ3) is 2.55. The second kappa shape index (κ2) is 5.26. The van der Waals surface area contributed by atoms with E-state index in [2.05, 4.69) is 4.98 Å². The highest BCUT2D eigenvalue weighted by Gasteiger charge is 2.08. The van der Waals surface area contributed by atoms with Gasteiger partial charge in [-0.15, -0.1) is 11.3 Å². The van der Waals surface area contributed by atoms with E-state index >= 15 is 0 Å². The van der Waals surface area contributed by atoms with Crippen molar-refractivity contribution >= 4 is 39.9 Å².